The third-order valence-corrected chi connectivity index (χ3v) is 4.03. The van der Waals surface area contributed by atoms with Crippen molar-refractivity contribution in [1.29, 1.82) is 0 Å². The predicted molar refractivity (Wildman–Crippen MR) is 80.7 cm³/mol. The lowest BCUT2D eigenvalue weighted by Crippen LogP contribution is -2.33. The minimum absolute atomic E-state index is 0.0334. The third-order valence-electron chi connectivity index (χ3n) is 2.55. The molecule has 0 spiro atoms. The van der Waals surface area contributed by atoms with Gasteiger partial charge in [-0.15, -0.1) is 0 Å². The quantitative estimate of drug-likeness (QED) is 0.633. The van der Waals surface area contributed by atoms with Gasteiger partial charge in [0, 0.05) is 12.1 Å². The lowest BCUT2D eigenvalue weighted by Gasteiger charge is -2.13. The fourth-order valence-electron chi connectivity index (χ4n) is 1.50. The van der Waals surface area contributed by atoms with Gasteiger partial charge < -0.3 is 5.32 Å². The summed E-state index contributed by atoms with van der Waals surface area (Å²) in [5, 5.41) is 13.6. The molecule has 1 unspecified atom stereocenters. The standard InChI is InChI=1S/C12H15BrN2O3S/c1-8(6-7-19-2)14-12(16)9-4-3-5-10(11(9)13)15(17)18/h3-5,8H,6-7H2,1-2H3,(H,14,16). The van der Waals surface area contributed by atoms with E-state index in [1.165, 1.54) is 12.1 Å². The van der Waals surface area contributed by atoms with E-state index in [9.17, 15) is 14.9 Å². The van der Waals surface area contributed by atoms with E-state index in [1.54, 1.807) is 17.8 Å². The van der Waals surface area contributed by atoms with Crippen LogP contribution in [0.3, 0.4) is 0 Å². The second-order valence-electron chi connectivity index (χ2n) is 4.05. The zero-order chi connectivity index (χ0) is 14.4. The van der Waals surface area contributed by atoms with E-state index in [1.807, 2.05) is 13.2 Å². The number of thioether (sulfide) groups is 1. The molecule has 1 N–H and O–H groups in total. The number of hydrogen-bond donors (Lipinski definition) is 1. The lowest BCUT2D eigenvalue weighted by atomic mass is 10.1. The summed E-state index contributed by atoms with van der Waals surface area (Å²) in [5.41, 5.74) is 0.176. The molecule has 0 heterocycles. The number of rotatable bonds is 6. The molecule has 104 valence electrons. The molecular weight excluding hydrogens is 332 g/mol. The number of halogens is 1. The van der Waals surface area contributed by atoms with Crippen molar-refractivity contribution in [3.8, 4) is 0 Å². The van der Waals surface area contributed by atoms with E-state index < -0.39 is 4.92 Å². The van der Waals surface area contributed by atoms with Crippen LogP contribution in [0.15, 0.2) is 22.7 Å². The largest absolute Gasteiger partial charge is 0.350 e. The number of nitro benzene ring substituents is 1. The average molecular weight is 347 g/mol. The fourth-order valence-corrected chi connectivity index (χ4v) is 2.68. The molecule has 0 saturated carbocycles. The second-order valence-corrected chi connectivity index (χ2v) is 5.83. The van der Waals surface area contributed by atoms with Gasteiger partial charge in [-0.2, -0.15) is 11.8 Å². The lowest BCUT2D eigenvalue weighted by molar-refractivity contribution is -0.385. The smallest absolute Gasteiger partial charge is 0.284 e. The highest BCUT2D eigenvalue weighted by Gasteiger charge is 2.20. The molecule has 0 aliphatic heterocycles. The zero-order valence-corrected chi connectivity index (χ0v) is 13.1. The van der Waals surface area contributed by atoms with Crippen molar-refractivity contribution in [2.45, 2.75) is 19.4 Å². The van der Waals surface area contributed by atoms with Crippen molar-refractivity contribution in [1.82, 2.24) is 5.32 Å². The maximum Gasteiger partial charge on any atom is 0.284 e. The van der Waals surface area contributed by atoms with Gasteiger partial charge in [-0.3, -0.25) is 14.9 Å². The summed E-state index contributed by atoms with van der Waals surface area (Å²) in [6.45, 7) is 1.92. The van der Waals surface area contributed by atoms with Crippen LogP contribution in [0.4, 0.5) is 5.69 Å². The van der Waals surface area contributed by atoms with E-state index in [0.29, 0.717) is 0 Å². The molecule has 1 rings (SSSR count). The van der Waals surface area contributed by atoms with Crippen molar-refractivity contribution in [3.05, 3.63) is 38.3 Å². The Hall–Kier alpha value is -1.08. The summed E-state index contributed by atoms with van der Waals surface area (Å²) in [6, 6.07) is 4.46. The molecule has 0 aromatic heterocycles. The van der Waals surface area contributed by atoms with E-state index in [0.717, 1.165) is 12.2 Å². The van der Waals surface area contributed by atoms with Crippen LogP contribution >= 0.6 is 27.7 Å². The molecular formula is C12H15BrN2O3S. The average Bonchev–Trinajstić information content (AvgIpc) is 2.36. The van der Waals surface area contributed by atoms with Crippen LogP contribution in [0.25, 0.3) is 0 Å². The van der Waals surface area contributed by atoms with Gasteiger partial charge in [-0.25, -0.2) is 0 Å². The van der Waals surface area contributed by atoms with Gasteiger partial charge >= 0.3 is 0 Å². The first-order valence-electron chi connectivity index (χ1n) is 5.70. The monoisotopic (exact) mass is 346 g/mol. The van der Waals surface area contributed by atoms with Crippen LogP contribution < -0.4 is 5.32 Å². The normalized spacial score (nSPS) is 11.9. The van der Waals surface area contributed by atoms with Crippen molar-refractivity contribution in [2.24, 2.45) is 0 Å². The van der Waals surface area contributed by atoms with E-state index in [2.05, 4.69) is 21.2 Å². The number of carbonyl (C=O) groups excluding carboxylic acids is 1. The van der Waals surface area contributed by atoms with Gasteiger partial charge in [0.15, 0.2) is 0 Å². The van der Waals surface area contributed by atoms with Crippen LogP contribution in [-0.2, 0) is 0 Å². The number of nitro groups is 1. The number of benzene rings is 1. The maximum atomic E-state index is 12.0. The van der Waals surface area contributed by atoms with Gasteiger partial charge in [-0.1, -0.05) is 6.07 Å². The maximum absolute atomic E-state index is 12.0. The number of nitrogens with one attached hydrogen (secondary N) is 1. The molecule has 1 aromatic rings. The van der Waals surface area contributed by atoms with Crippen LogP contribution in [0, 0.1) is 10.1 Å². The SMILES string of the molecule is CSCCC(C)NC(=O)c1cccc([N+](=O)[O-])c1Br. The molecule has 1 aromatic carbocycles. The Morgan fingerprint density at radius 2 is 2.26 bits per heavy atom. The molecule has 0 bridgehead atoms. The Kier molecular flexibility index (Phi) is 6.30. The van der Waals surface area contributed by atoms with E-state index in [-0.39, 0.29) is 27.7 Å². The number of amides is 1. The Balaban J connectivity index is 2.83. The second kappa shape index (κ2) is 7.49. The summed E-state index contributed by atoms with van der Waals surface area (Å²) in [6.07, 6.45) is 2.87. The van der Waals surface area contributed by atoms with Crippen molar-refractivity contribution >= 4 is 39.3 Å². The Morgan fingerprint density at radius 1 is 1.58 bits per heavy atom. The summed E-state index contributed by atoms with van der Waals surface area (Å²) in [5.74, 6) is 0.654. The molecule has 1 atom stereocenters. The van der Waals surface area contributed by atoms with Crippen LogP contribution in [0.5, 0.6) is 0 Å². The van der Waals surface area contributed by atoms with Crippen molar-refractivity contribution in [2.75, 3.05) is 12.0 Å². The van der Waals surface area contributed by atoms with E-state index in [4.69, 9.17) is 0 Å². The van der Waals surface area contributed by atoms with Crippen LogP contribution in [-0.4, -0.2) is 28.9 Å². The highest BCUT2D eigenvalue weighted by atomic mass is 79.9. The first-order valence-corrected chi connectivity index (χ1v) is 7.88. The fraction of sp³-hybridized carbons (Fsp3) is 0.417. The Bertz CT molecular complexity index is 482. The summed E-state index contributed by atoms with van der Waals surface area (Å²) < 4.78 is 0.217. The van der Waals surface area contributed by atoms with Gasteiger partial charge in [0.1, 0.15) is 4.47 Å². The summed E-state index contributed by atoms with van der Waals surface area (Å²) in [7, 11) is 0. The Morgan fingerprint density at radius 3 is 2.84 bits per heavy atom. The Labute approximate surface area is 124 Å². The van der Waals surface area contributed by atoms with Gasteiger partial charge in [-0.05, 0) is 47.3 Å². The van der Waals surface area contributed by atoms with Gasteiger partial charge in [0.05, 0.1) is 10.5 Å². The minimum atomic E-state index is -0.516. The van der Waals surface area contributed by atoms with Crippen molar-refractivity contribution < 1.29 is 9.72 Å². The topological polar surface area (TPSA) is 72.2 Å². The molecule has 0 saturated heterocycles. The molecule has 0 aliphatic carbocycles. The predicted octanol–water partition coefficient (Wildman–Crippen LogP) is 3.23. The van der Waals surface area contributed by atoms with Gasteiger partial charge in [0.25, 0.3) is 11.6 Å². The first-order chi connectivity index (χ1) is 8.97. The third kappa shape index (κ3) is 4.50. The van der Waals surface area contributed by atoms with Crippen LogP contribution in [0.1, 0.15) is 23.7 Å². The molecule has 0 aliphatic rings. The molecule has 19 heavy (non-hydrogen) atoms. The minimum Gasteiger partial charge on any atom is -0.350 e. The summed E-state index contributed by atoms with van der Waals surface area (Å²) in [4.78, 5) is 22.3. The zero-order valence-electron chi connectivity index (χ0n) is 10.7. The molecule has 1 amide bonds. The molecule has 0 fully saturated rings. The number of nitrogens with zero attached hydrogens (tertiary/aromatic N) is 1. The number of hydrogen-bond acceptors (Lipinski definition) is 4. The van der Waals surface area contributed by atoms with Crippen LogP contribution in [0.2, 0.25) is 0 Å². The van der Waals surface area contributed by atoms with E-state index >= 15 is 0 Å². The highest BCUT2D eigenvalue weighted by Crippen LogP contribution is 2.28. The highest BCUT2D eigenvalue weighted by molar-refractivity contribution is 9.10. The molecule has 0 radical (unpaired) electrons. The molecule has 7 heteroatoms. The summed E-state index contributed by atoms with van der Waals surface area (Å²) >= 11 is 4.83. The molecule has 5 nitrogen and oxygen atoms in total. The van der Waals surface area contributed by atoms with Gasteiger partial charge in [0.2, 0.25) is 0 Å². The number of carbonyl (C=O) groups is 1. The first kappa shape index (κ1) is 16.0. The van der Waals surface area contributed by atoms with Crippen molar-refractivity contribution in [3.63, 3.8) is 0 Å².